The molecule has 1 heterocycles. The van der Waals surface area contributed by atoms with Crippen LogP contribution in [0.1, 0.15) is 38.3 Å². The fourth-order valence-electron chi connectivity index (χ4n) is 2.12. The van der Waals surface area contributed by atoms with Crippen LogP contribution in [0.4, 0.5) is 0 Å². The second kappa shape index (κ2) is 5.84. The number of aromatic nitrogens is 2. The minimum Gasteiger partial charge on any atom is -0.349 e. The number of imidazole rings is 1. The summed E-state index contributed by atoms with van der Waals surface area (Å²) in [6.07, 6.45) is 3.41. The number of rotatable bonds is 5. The molecule has 0 aliphatic rings. The molecule has 0 unspecified atom stereocenters. The number of hydrogen-bond acceptors (Lipinski definition) is 2. The third-order valence-corrected chi connectivity index (χ3v) is 3.24. The van der Waals surface area contributed by atoms with Crippen LogP contribution in [-0.4, -0.2) is 22.0 Å². The lowest BCUT2D eigenvalue weighted by Crippen LogP contribution is -2.35. The van der Waals surface area contributed by atoms with Crippen molar-refractivity contribution < 1.29 is 4.79 Å². The van der Waals surface area contributed by atoms with Crippen molar-refractivity contribution in [3.63, 3.8) is 0 Å². The Morgan fingerprint density at radius 3 is 2.35 bits per heavy atom. The number of nitrogens with zero attached hydrogens (tertiary/aromatic N) is 2. The van der Waals surface area contributed by atoms with Crippen LogP contribution in [0.2, 0.25) is 0 Å². The highest BCUT2D eigenvalue weighted by atomic mass is 16.2. The summed E-state index contributed by atoms with van der Waals surface area (Å²) in [6, 6.07) is 0. The lowest BCUT2D eigenvalue weighted by Gasteiger charge is -2.24. The Morgan fingerprint density at radius 1 is 1.35 bits per heavy atom. The molecule has 0 atom stereocenters. The van der Waals surface area contributed by atoms with Gasteiger partial charge >= 0.3 is 0 Å². The van der Waals surface area contributed by atoms with E-state index >= 15 is 0 Å². The molecule has 1 aromatic heterocycles. The lowest BCUT2D eigenvalue weighted by molar-refractivity contribution is 0.0923. The number of nitrogens with one attached hydrogen (secondary N) is 1. The fourth-order valence-corrected chi connectivity index (χ4v) is 2.12. The number of hydrogen-bond donors (Lipinski definition) is 1. The summed E-state index contributed by atoms with van der Waals surface area (Å²) in [5.74, 6) is 2.01. The number of amides is 1. The molecule has 1 aromatic rings. The van der Waals surface area contributed by atoms with E-state index < -0.39 is 0 Å². The normalized spacial score (nSPS) is 11.5. The second-order valence-electron chi connectivity index (χ2n) is 5.22. The average molecular weight is 237 g/mol. The molecule has 0 saturated carbocycles. The van der Waals surface area contributed by atoms with Gasteiger partial charge in [0, 0.05) is 26.0 Å². The van der Waals surface area contributed by atoms with E-state index in [1.165, 1.54) is 0 Å². The summed E-state index contributed by atoms with van der Waals surface area (Å²) in [4.78, 5) is 15.9. The zero-order valence-corrected chi connectivity index (χ0v) is 11.4. The predicted molar refractivity (Wildman–Crippen MR) is 68.7 cm³/mol. The SMILES string of the molecule is CC(C)C(CNC(=O)c1nccn1C)C(C)C. The van der Waals surface area contributed by atoms with Crippen LogP contribution in [0, 0.1) is 17.8 Å². The van der Waals surface area contributed by atoms with Crippen molar-refractivity contribution in [1.29, 1.82) is 0 Å². The maximum atomic E-state index is 11.9. The number of carbonyl (C=O) groups excluding carboxylic acids is 1. The van der Waals surface area contributed by atoms with Gasteiger partial charge in [0.05, 0.1) is 0 Å². The average Bonchev–Trinajstić information content (AvgIpc) is 2.63. The van der Waals surface area contributed by atoms with Gasteiger partial charge in [0.15, 0.2) is 5.82 Å². The molecule has 1 N–H and O–H groups in total. The topological polar surface area (TPSA) is 46.9 Å². The Labute approximate surface area is 103 Å². The van der Waals surface area contributed by atoms with Gasteiger partial charge in [0.1, 0.15) is 0 Å². The summed E-state index contributed by atoms with van der Waals surface area (Å²) in [7, 11) is 1.82. The van der Waals surface area contributed by atoms with Gasteiger partial charge in [-0.3, -0.25) is 4.79 Å². The van der Waals surface area contributed by atoms with E-state index in [-0.39, 0.29) is 5.91 Å². The molecule has 0 aliphatic carbocycles. The van der Waals surface area contributed by atoms with E-state index in [2.05, 4.69) is 38.0 Å². The zero-order valence-electron chi connectivity index (χ0n) is 11.4. The van der Waals surface area contributed by atoms with E-state index in [1.807, 2.05) is 7.05 Å². The molecule has 0 bridgehead atoms. The van der Waals surface area contributed by atoms with Crippen molar-refractivity contribution in [2.45, 2.75) is 27.7 Å². The molecule has 0 radical (unpaired) electrons. The van der Waals surface area contributed by atoms with Crippen LogP contribution >= 0.6 is 0 Å². The lowest BCUT2D eigenvalue weighted by atomic mass is 9.85. The summed E-state index contributed by atoms with van der Waals surface area (Å²) >= 11 is 0. The molecule has 0 aliphatic heterocycles. The Bertz CT molecular complexity index is 360. The van der Waals surface area contributed by atoms with Gasteiger partial charge in [-0.05, 0) is 17.8 Å². The third kappa shape index (κ3) is 3.58. The molecular weight excluding hydrogens is 214 g/mol. The third-order valence-electron chi connectivity index (χ3n) is 3.24. The van der Waals surface area contributed by atoms with Crippen LogP contribution < -0.4 is 5.32 Å². The zero-order chi connectivity index (χ0) is 13.0. The van der Waals surface area contributed by atoms with Crippen molar-refractivity contribution in [3.05, 3.63) is 18.2 Å². The molecule has 4 heteroatoms. The Kier molecular flexibility index (Phi) is 4.73. The van der Waals surface area contributed by atoms with Crippen molar-refractivity contribution in [3.8, 4) is 0 Å². The van der Waals surface area contributed by atoms with Gasteiger partial charge in [0.25, 0.3) is 5.91 Å². The monoisotopic (exact) mass is 237 g/mol. The molecule has 4 nitrogen and oxygen atoms in total. The van der Waals surface area contributed by atoms with Crippen LogP contribution in [0.15, 0.2) is 12.4 Å². The standard InChI is InChI=1S/C13H23N3O/c1-9(2)11(10(3)4)8-15-13(17)12-14-6-7-16(12)5/h6-7,9-11H,8H2,1-5H3,(H,15,17). The molecule has 0 fully saturated rings. The highest BCUT2D eigenvalue weighted by Gasteiger charge is 2.19. The quantitative estimate of drug-likeness (QED) is 0.852. The smallest absolute Gasteiger partial charge is 0.287 e. The van der Waals surface area contributed by atoms with Crippen LogP contribution in [0.3, 0.4) is 0 Å². The predicted octanol–water partition coefficient (Wildman–Crippen LogP) is 2.08. The highest BCUT2D eigenvalue weighted by molar-refractivity contribution is 5.90. The van der Waals surface area contributed by atoms with E-state index in [1.54, 1.807) is 17.0 Å². The van der Waals surface area contributed by atoms with Gasteiger partial charge in [-0.2, -0.15) is 0 Å². The van der Waals surface area contributed by atoms with Crippen molar-refractivity contribution in [1.82, 2.24) is 14.9 Å². The van der Waals surface area contributed by atoms with Crippen molar-refractivity contribution >= 4 is 5.91 Å². The molecule has 96 valence electrons. The van der Waals surface area contributed by atoms with Crippen molar-refractivity contribution in [2.75, 3.05) is 6.54 Å². The molecule has 0 aromatic carbocycles. The molecule has 0 spiro atoms. The molecular formula is C13H23N3O. The summed E-state index contributed by atoms with van der Waals surface area (Å²) in [6.45, 7) is 9.48. The first-order valence-corrected chi connectivity index (χ1v) is 6.19. The van der Waals surface area contributed by atoms with Gasteiger partial charge in [-0.15, -0.1) is 0 Å². The minimum atomic E-state index is -0.0937. The second-order valence-corrected chi connectivity index (χ2v) is 5.22. The first-order valence-electron chi connectivity index (χ1n) is 6.19. The Balaban J connectivity index is 2.56. The molecule has 17 heavy (non-hydrogen) atoms. The summed E-state index contributed by atoms with van der Waals surface area (Å²) < 4.78 is 1.73. The largest absolute Gasteiger partial charge is 0.349 e. The molecule has 1 rings (SSSR count). The van der Waals surface area contributed by atoms with Crippen molar-refractivity contribution in [2.24, 2.45) is 24.8 Å². The number of carbonyl (C=O) groups is 1. The molecule has 1 amide bonds. The maximum Gasteiger partial charge on any atom is 0.287 e. The Morgan fingerprint density at radius 2 is 1.94 bits per heavy atom. The number of aryl methyl sites for hydroxylation is 1. The molecule has 0 saturated heterocycles. The first-order chi connectivity index (χ1) is 7.93. The van der Waals surface area contributed by atoms with Crippen LogP contribution in [-0.2, 0) is 7.05 Å². The maximum absolute atomic E-state index is 11.9. The fraction of sp³-hybridized carbons (Fsp3) is 0.692. The van der Waals surface area contributed by atoms with Crippen LogP contribution in [0.5, 0.6) is 0 Å². The van der Waals surface area contributed by atoms with E-state index in [9.17, 15) is 4.79 Å². The summed E-state index contributed by atoms with van der Waals surface area (Å²) in [5, 5.41) is 2.97. The van der Waals surface area contributed by atoms with E-state index in [4.69, 9.17) is 0 Å². The highest BCUT2D eigenvalue weighted by Crippen LogP contribution is 2.19. The van der Waals surface area contributed by atoms with Crippen LogP contribution in [0.25, 0.3) is 0 Å². The van der Waals surface area contributed by atoms with Gasteiger partial charge in [-0.25, -0.2) is 4.98 Å². The summed E-state index contributed by atoms with van der Waals surface area (Å²) in [5.41, 5.74) is 0. The van der Waals surface area contributed by atoms with Gasteiger partial charge in [0.2, 0.25) is 0 Å². The first kappa shape index (κ1) is 13.7. The van der Waals surface area contributed by atoms with E-state index in [0.29, 0.717) is 30.1 Å². The minimum absolute atomic E-state index is 0.0937. The van der Waals surface area contributed by atoms with Gasteiger partial charge in [-0.1, -0.05) is 27.7 Å². The van der Waals surface area contributed by atoms with E-state index in [0.717, 1.165) is 0 Å². The Hall–Kier alpha value is -1.32. The van der Waals surface area contributed by atoms with Gasteiger partial charge < -0.3 is 9.88 Å².